The van der Waals surface area contributed by atoms with Crippen molar-refractivity contribution < 1.29 is 28.6 Å². The third-order valence-corrected chi connectivity index (χ3v) is 2.98. The van der Waals surface area contributed by atoms with Crippen LogP contribution in [0.1, 0.15) is 18.1 Å². The highest BCUT2D eigenvalue weighted by Gasteiger charge is 2.29. The molecule has 0 aromatic heterocycles. The number of nitrogens with one attached hydrogen (secondary N) is 1. The maximum Gasteiger partial charge on any atom is 0.328 e. The lowest BCUT2D eigenvalue weighted by Gasteiger charge is -2.20. The molecule has 22 heavy (non-hydrogen) atoms. The van der Waals surface area contributed by atoms with Gasteiger partial charge in [-0.25, -0.2) is 4.79 Å². The Bertz CT molecular complexity index is 516. The maximum atomic E-state index is 12.3. The smallest absolute Gasteiger partial charge is 0.328 e. The highest BCUT2D eigenvalue weighted by atomic mass is 16.5. The average molecular weight is 309 g/mol. The zero-order valence-corrected chi connectivity index (χ0v) is 12.7. The van der Waals surface area contributed by atoms with Gasteiger partial charge in [0.1, 0.15) is 6.04 Å². The molecule has 7 nitrogen and oxygen atoms in total. The van der Waals surface area contributed by atoms with E-state index >= 15 is 0 Å². The molecule has 0 bridgehead atoms. The molecule has 0 aliphatic carbocycles. The van der Waals surface area contributed by atoms with Gasteiger partial charge < -0.3 is 19.5 Å². The first kappa shape index (κ1) is 17.6. The summed E-state index contributed by atoms with van der Waals surface area (Å²) in [6, 6.07) is 7.65. The quantitative estimate of drug-likeness (QED) is 0.742. The molecule has 7 heteroatoms. The molecule has 0 heterocycles. The fourth-order valence-electron chi connectivity index (χ4n) is 1.86. The van der Waals surface area contributed by atoms with Gasteiger partial charge in [0.15, 0.2) is 6.10 Å². The Labute approximate surface area is 128 Å². The molecule has 0 unspecified atom stereocenters. The Hall–Kier alpha value is -2.41. The van der Waals surface area contributed by atoms with Crippen molar-refractivity contribution in [2.24, 2.45) is 0 Å². The third kappa shape index (κ3) is 4.85. The molecule has 0 fully saturated rings. The van der Waals surface area contributed by atoms with Crippen molar-refractivity contribution in [2.45, 2.75) is 18.6 Å². The molecule has 0 saturated carbocycles. The van der Waals surface area contributed by atoms with Gasteiger partial charge in [0, 0.05) is 7.11 Å². The van der Waals surface area contributed by atoms with E-state index in [1.54, 1.807) is 24.3 Å². The van der Waals surface area contributed by atoms with Gasteiger partial charge in [-0.2, -0.15) is 0 Å². The Morgan fingerprint density at radius 3 is 2.18 bits per heavy atom. The summed E-state index contributed by atoms with van der Waals surface area (Å²) in [5, 5.41) is 2.44. The first-order valence-electron chi connectivity index (χ1n) is 6.56. The van der Waals surface area contributed by atoms with E-state index in [4.69, 9.17) is 4.74 Å². The van der Waals surface area contributed by atoms with E-state index in [1.807, 2.05) is 6.07 Å². The van der Waals surface area contributed by atoms with E-state index in [9.17, 15) is 14.4 Å². The van der Waals surface area contributed by atoms with Gasteiger partial charge >= 0.3 is 11.9 Å². The number of carbonyl (C=O) groups excluding carboxylic acids is 3. The molecular weight excluding hydrogens is 290 g/mol. The van der Waals surface area contributed by atoms with E-state index in [-0.39, 0.29) is 6.42 Å². The molecule has 0 aliphatic heterocycles. The number of amides is 1. The molecule has 2 atom stereocenters. The van der Waals surface area contributed by atoms with E-state index in [2.05, 4.69) is 14.8 Å². The molecule has 0 saturated heterocycles. The minimum atomic E-state index is -1.13. The normalized spacial score (nSPS) is 12.9. The minimum absolute atomic E-state index is 0.319. The van der Waals surface area contributed by atoms with Gasteiger partial charge in [-0.05, 0) is 5.56 Å². The average Bonchev–Trinajstić information content (AvgIpc) is 2.55. The monoisotopic (exact) mass is 309 g/mol. The van der Waals surface area contributed by atoms with E-state index in [0.717, 1.165) is 0 Å². The number of benzene rings is 1. The van der Waals surface area contributed by atoms with Gasteiger partial charge in [0.2, 0.25) is 0 Å². The summed E-state index contributed by atoms with van der Waals surface area (Å²) in [7, 11) is 3.74. The molecule has 1 rings (SSSR count). The van der Waals surface area contributed by atoms with Crippen LogP contribution in [0, 0.1) is 0 Å². The molecule has 0 radical (unpaired) electrons. The van der Waals surface area contributed by atoms with Crippen molar-refractivity contribution in [3.63, 3.8) is 0 Å². The largest absolute Gasteiger partial charge is 0.469 e. The molecule has 120 valence electrons. The molecule has 1 N–H and O–H groups in total. The molecule has 1 aromatic carbocycles. The molecule has 0 spiro atoms. The van der Waals surface area contributed by atoms with Crippen LogP contribution in [0.5, 0.6) is 0 Å². The second-order valence-electron chi connectivity index (χ2n) is 4.39. The zero-order valence-electron chi connectivity index (χ0n) is 12.7. The summed E-state index contributed by atoms with van der Waals surface area (Å²) < 4.78 is 14.2. The van der Waals surface area contributed by atoms with Crippen LogP contribution < -0.4 is 5.32 Å². The molecule has 1 amide bonds. The Kier molecular flexibility index (Phi) is 7.04. The van der Waals surface area contributed by atoms with Crippen LogP contribution in [0.15, 0.2) is 30.3 Å². The summed E-state index contributed by atoms with van der Waals surface area (Å²) >= 11 is 0. The van der Waals surface area contributed by atoms with Crippen LogP contribution in [0.25, 0.3) is 0 Å². The number of methoxy groups -OCH3 is 3. The number of ether oxygens (including phenoxy) is 3. The van der Waals surface area contributed by atoms with E-state index in [1.165, 1.54) is 21.3 Å². The summed E-state index contributed by atoms with van der Waals surface area (Å²) in [5.41, 5.74) is 0.629. The Morgan fingerprint density at radius 2 is 1.68 bits per heavy atom. The van der Waals surface area contributed by atoms with Crippen molar-refractivity contribution in [2.75, 3.05) is 21.3 Å². The Morgan fingerprint density at radius 1 is 1.05 bits per heavy atom. The molecular formula is C15H19NO6. The van der Waals surface area contributed by atoms with E-state index in [0.29, 0.717) is 5.56 Å². The van der Waals surface area contributed by atoms with Crippen molar-refractivity contribution in [3.8, 4) is 0 Å². The van der Waals surface area contributed by atoms with Crippen LogP contribution in [0.3, 0.4) is 0 Å². The Balaban J connectivity index is 2.84. The van der Waals surface area contributed by atoms with Crippen LogP contribution in [-0.4, -0.2) is 45.2 Å². The lowest BCUT2D eigenvalue weighted by Crippen LogP contribution is -2.45. The second kappa shape index (κ2) is 8.78. The van der Waals surface area contributed by atoms with Crippen molar-refractivity contribution in [1.82, 2.24) is 5.32 Å². The third-order valence-electron chi connectivity index (χ3n) is 2.98. The zero-order chi connectivity index (χ0) is 16.5. The van der Waals surface area contributed by atoms with Crippen LogP contribution in [0.2, 0.25) is 0 Å². The summed E-state index contributed by atoms with van der Waals surface area (Å²) in [6.07, 6.45) is -1.22. The number of rotatable bonds is 7. The number of esters is 2. The summed E-state index contributed by atoms with van der Waals surface area (Å²) in [4.78, 5) is 35.3. The number of hydrogen-bond acceptors (Lipinski definition) is 6. The molecule has 1 aromatic rings. The van der Waals surface area contributed by atoms with E-state index < -0.39 is 30.0 Å². The predicted molar refractivity (Wildman–Crippen MR) is 76.8 cm³/mol. The standard InChI is InChI=1S/C15H19NO6/c1-20-12(17)9-11(15(19)22-3)16-14(18)13(21-2)10-7-5-4-6-8-10/h4-8,11,13H,9H2,1-3H3,(H,16,18)/t11-,13-/m0/s1. The van der Waals surface area contributed by atoms with Crippen molar-refractivity contribution >= 4 is 17.8 Å². The van der Waals surface area contributed by atoms with Gasteiger partial charge in [-0.3, -0.25) is 9.59 Å². The maximum absolute atomic E-state index is 12.3. The highest BCUT2D eigenvalue weighted by Crippen LogP contribution is 2.16. The second-order valence-corrected chi connectivity index (χ2v) is 4.39. The van der Waals surface area contributed by atoms with Crippen molar-refractivity contribution in [1.29, 1.82) is 0 Å². The van der Waals surface area contributed by atoms with Crippen LogP contribution in [0.4, 0.5) is 0 Å². The van der Waals surface area contributed by atoms with Crippen LogP contribution in [-0.2, 0) is 28.6 Å². The lowest BCUT2D eigenvalue weighted by atomic mass is 10.1. The minimum Gasteiger partial charge on any atom is -0.469 e. The fourth-order valence-corrected chi connectivity index (χ4v) is 1.86. The topological polar surface area (TPSA) is 90.9 Å². The summed E-state index contributed by atoms with van der Waals surface area (Å²) in [6.45, 7) is 0. The van der Waals surface area contributed by atoms with Gasteiger partial charge in [0.25, 0.3) is 5.91 Å². The van der Waals surface area contributed by atoms with Gasteiger partial charge in [-0.1, -0.05) is 30.3 Å². The SMILES string of the molecule is COC(=O)C[C@H](NC(=O)[C@@H](OC)c1ccccc1)C(=O)OC. The molecule has 0 aliphatic rings. The predicted octanol–water partition coefficient (Wildman–Crippen LogP) is 0.595. The first-order chi connectivity index (χ1) is 10.5. The summed E-state index contributed by atoms with van der Waals surface area (Å²) in [5.74, 6) is -1.92. The van der Waals surface area contributed by atoms with Crippen molar-refractivity contribution in [3.05, 3.63) is 35.9 Å². The van der Waals surface area contributed by atoms with Gasteiger partial charge in [0.05, 0.1) is 20.6 Å². The lowest BCUT2D eigenvalue weighted by molar-refractivity contribution is -0.151. The number of carbonyl (C=O) groups is 3. The highest BCUT2D eigenvalue weighted by molar-refractivity contribution is 5.90. The fraction of sp³-hybridized carbons (Fsp3) is 0.400. The van der Waals surface area contributed by atoms with Crippen LogP contribution >= 0.6 is 0 Å². The number of hydrogen-bond donors (Lipinski definition) is 1. The first-order valence-corrected chi connectivity index (χ1v) is 6.56. The van der Waals surface area contributed by atoms with Gasteiger partial charge in [-0.15, -0.1) is 0 Å².